The van der Waals surface area contributed by atoms with Crippen molar-refractivity contribution in [3.63, 3.8) is 0 Å². The normalized spacial score (nSPS) is 15.4. The molecule has 0 radical (unpaired) electrons. The third-order valence-electron chi connectivity index (χ3n) is 6.15. The number of hydrogen-bond donors (Lipinski definition) is 1. The highest BCUT2D eigenvalue weighted by Crippen LogP contribution is 2.25. The fourth-order valence-electron chi connectivity index (χ4n) is 4.44. The van der Waals surface area contributed by atoms with Gasteiger partial charge >= 0.3 is 0 Å². The van der Waals surface area contributed by atoms with Crippen LogP contribution in [0.4, 0.5) is 0 Å². The summed E-state index contributed by atoms with van der Waals surface area (Å²) in [7, 11) is 0. The molecule has 2 aromatic carbocycles. The molecule has 0 atom stereocenters. The molecule has 0 saturated heterocycles. The van der Waals surface area contributed by atoms with Crippen molar-refractivity contribution in [3.8, 4) is 0 Å². The summed E-state index contributed by atoms with van der Waals surface area (Å²) in [4.78, 5) is 29.8. The molecular weight excluding hydrogens is 412 g/mol. The molecular formula is C24H23ClN4O2. The van der Waals surface area contributed by atoms with Crippen molar-refractivity contribution in [1.29, 1.82) is 0 Å². The van der Waals surface area contributed by atoms with Crippen LogP contribution < -0.4 is 0 Å². The van der Waals surface area contributed by atoms with Crippen molar-refractivity contribution in [2.75, 3.05) is 13.1 Å². The first-order chi connectivity index (χ1) is 15.1. The van der Waals surface area contributed by atoms with Crippen LogP contribution in [0.2, 0.25) is 5.02 Å². The summed E-state index contributed by atoms with van der Waals surface area (Å²) in [5.74, 6) is -0.0458. The molecule has 7 heteroatoms. The average Bonchev–Trinajstić information content (AvgIpc) is 3.21. The quantitative estimate of drug-likeness (QED) is 0.687. The Balaban J connectivity index is 1.31. The zero-order chi connectivity index (χ0) is 21.4. The third kappa shape index (κ3) is 3.95. The zero-order valence-corrected chi connectivity index (χ0v) is 17.9. The second kappa shape index (κ2) is 8.19. The van der Waals surface area contributed by atoms with E-state index in [2.05, 4.69) is 22.3 Å². The van der Waals surface area contributed by atoms with Gasteiger partial charge in [-0.25, -0.2) is 0 Å². The number of amides is 2. The minimum Gasteiger partial charge on any atom is -0.338 e. The van der Waals surface area contributed by atoms with Gasteiger partial charge < -0.3 is 9.80 Å². The van der Waals surface area contributed by atoms with Crippen molar-refractivity contribution in [2.24, 2.45) is 0 Å². The molecule has 0 fully saturated rings. The minimum absolute atomic E-state index is 0.0272. The number of aromatic amines is 1. The Morgan fingerprint density at radius 2 is 1.77 bits per heavy atom. The van der Waals surface area contributed by atoms with Gasteiger partial charge in [0, 0.05) is 48.9 Å². The maximum atomic E-state index is 13.3. The Morgan fingerprint density at radius 3 is 2.61 bits per heavy atom. The van der Waals surface area contributed by atoms with E-state index in [0.29, 0.717) is 49.7 Å². The first-order valence-electron chi connectivity index (χ1n) is 10.5. The summed E-state index contributed by atoms with van der Waals surface area (Å²) in [5, 5.41) is 8.00. The summed E-state index contributed by atoms with van der Waals surface area (Å²) < 4.78 is 0. The minimum atomic E-state index is -0.0730. The van der Waals surface area contributed by atoms with Crippen LogP contribution in [-0.2, 0) is 37.1 Å². The summed E-state index contributed by atoms with van der Waals surface area (Å²) in [6.07, 6.45) is 1.80. The summed E-state index contributed by atoms with van der Waals surface area (Å²) in [5.41, 5.74) is 5.61. The molecule has 0 saturated carbocycles. The third-order valence-corrected chi connectivity index (χ3v) is 6.39. The molecule has 3 heterocycles. The number of nitrogens with one attached hydrogen (secondary N) is 1. The SMILES string of the molecule is O=C(Cc1cccc(Cl)c1)N1CCc2[nH]nc(C(=O)N3CCc4ccccc4C3)c2C1. The van der Waals surface area contributed by atoms with Gasteiger partial charge in [-0.05, 0) is 35.2 Å². The number of carbonyl (C=O) groups excluding carboxylic acids is 2. The molecule has 31 heavy (non-hydrogen) atoms. The van der Waals surface area contributed by atoms with Gasteiger partial charge in [0.05, 0.1) is 6.42 Å². The molecule has 0 unspecified atom stereocenters. The number of rotatable bonds is 3. The van der Waals surface area contributed by atoms with Crippen molar-refractivity contribution in [2.45, 2.75) is 32.4 Å². The van der Waals surface area contributed by atoms with Gasteiger partial charge in [0.25, 0.3) is 5.91 Å². The van der Waals surface area contributed by atoms with E-state index in [1.165, 1.54) is 11.1 Å². The lowest BCUT2D eigenvalue weighted by Crippen LogP contribution is -2.39. The van der Waals surface area contributed by atoms with E-state index < -0.39 is 0 Å². The van der Waals surface area contributed by atoms with Gasteiger partial charge in [-0.15, -0.1) is 0 Å². The fraction of sp³-hybridized carbons (Fsp3) is 0.292. The van der Waals surface area contributed by atoms with E-state index in [4.69, 9.17) is 11.6 Å². The molecule has 0 aliphatic carbocycles. The molecule has 0 spiro atoms. The van der Waals surface area contributed by atoms with Crippen LogP contribution in [0.15, 0.2) is 48.5 Å². The standard InChI is InChI=1S/C24H23ClN4O2/c25-19-7-3-4-16(12-19)13-22(30)28-11-9-21-20(15-28)23(27-26-21)24(31)29-10-8-17-5-1-2-6-18(17)14-29/h1-7,12H,8-11,13-15H2,(H,26,27). The van der Waals surface area contributed by atoms with Gasteiger partial charge in [-0.3, -0.25) is 14.7 Å². The van der Waals surface area contributed by atoms with Crippen LogP contribution in [0.1, 0.15) is 38.4 Å². The van der Waals surface area contributed by atoms with Crippen LogP contribution in [-0.4, -0.2) is 44.9 Å². The van der Waals surface area contributed by atoms with Crippen LogP contribution in [0.25, 0.3) is 0 Å². The Kier molecular flexibility index (Phi) is 5.24. The van der Waals surface area contributed by atoms with E-state index in [-0.39, 0.29) is 11.8 Å². The van der Waals surface area contributed by atoms with Crippen molar-refractivity contribution < 1.29 is 9.59 Å². The second-order valence-corrected chi connectivity index (χ2v) is 8.58. The highest BCUT2D eigenvalue weighted by molar-refractivity contribution is 6.30. The highest BCUT2D eigenvalue weighted by atomic mass is 35.5. The molecule has 2 aliphatic rings. The summed E-state index contributed by atoms with van der Waals surface area (Å²) >= 11 is 6.05. The molecule has 1 N–H and O–H groups in total. The largest absolute Gasteiger partial charge is 0.338 e. The van der Waals surface area contributed by atoms with Gasteiger partial charge in [0.1, 0.15) is 0 Å². The smallest absolute Gasteiger partial charge is 0.275 e. The maximum absolute atomic E-state index is 13.3. The van der Waals surface area contributed by atoms with Crippen LogP contribution in [0, 0.1) is 0 Å². The maximum Gasteiger partial charge on any atom is 0.275 e. The number of benzene rings is 2. The Morgan fingerprint density at radius 1 is 0.968 bits per heavy atom. The number of fused-ring (bicyclic) bond motifs is 2. The number of carbonyl (C=O) groups is 2. The second-order valence-electron chi connectivity index (χ2n) is 8.15. The zero-order valence-electron chi connectivity index (χ0n) is 17.1. The van der Waals surface area contributed by atoms with Crippen LogP contribution in [0.3, 0.4) is 0 Å². The molecule has 158 valence electrons. The first kappa shape index (κ1) is 19.8. The first-order valence-corrected chi connectivity index (χ1v) is 10.9. The Labute approximate surface area is 185 Å². The Bertz CT molecular complexity index is 1160. The van der Waals surface area contributed by atoms with Gasteiger partial charge in [0.15, 0.2) is 5.69 Å². The molecule has 6 nitrogen and oxygen atoms in total. The van der Waals surface area contributed by atoms with Gasteiger partial charge in [0.2, 0.25) is 5.91 Å². The lowest BCUT2D eigenvalue weighted by atomic mass is 9.99. The van der Waals surface area contributed by atoms with E-state index in [1.807, 2.05) is 35.2 Å². The van der Waals surface area contributed by atoms with E-state index in [1.54, 1.807) is 11.0 Å². The molecule has 2 aliphatic heterocycles. The predicted octanol–water partition coefficient (Wildman–Crippen LogP) is 3.39. The Hall–Kier alpha value is -3.12. The van der Waals surface area contributed by atoms with E-state index in [9.17, 15) is 9.59 Å². The predicted molar refractivity (Wildman–Crippen MR) is 118 cm³/mol. The van der Waals surface area contributed by atoms with Gasteiger partial charge in [-0.2, -0.15) is 5.10 Å². The van der Waals surface area contributed by atoms with Gasteiger partial charge in [-0.1, -0.05) is 48.0 Å². The van der Waals surface area contributed by atoms with Crippen LogP contribution in [0.5, 0.6) is 0 Å². The average molecular weight is 435 g/mol. The number of nitrogens with zero attached hydrogens (tertiary/aromatic N) is 3. The van der Waals surface area contributed by atoms with E-state index >= 15 is 0 Å². The van der Waals surface area contributed by atoms with Crippen molar-refractivity contribution in [1.82, 2.24) is 20.0 Å². The molecule has 5 rings (SSSR count). The van der Waals surface area contributed by atoms with Crippen LogP contribution >= 0.6 is 11.6 Å². The molecule has 2 amide bonds. The van der Waals surface area contributed by atoms with Crippen molar-refractivity contribution in [3.05, 3.63) is 87.2 Å². The monoisotopic (exact) mass is 434 g/mol. The molecule has 0 bridgehead atoms. The summed E-state index contributed by atoms with van der Waals surface area (Å²) in [6, 6.07) is 15.6. The number of aromatic nitrogens is 2. The fourth-order valence-corrected chi connectivity index (χ4v) is 4.65. The molecule has 3 aromatic rings. The number of H-pyrrole nitrogens is 1. The number of hydrogen-bond acceptors (Lipinski definition) is 3. The lowest BCUT2D eigenvalue weighted by molar-refractivity contribution is -0.131. The topological polar surface area (TPSA) is 69.3 Å². The molecule has 1 aromatic heterocycles. The summed E-state index contributed by atoms with van der Waals surface area (Å²) in [6.45, 7) is 2.28. The number of halogens is 1. The lowest BCUT2D eigenvalue weighted by Gasteiger charge is -2.30. The van der Waals surface area contributed by atoms with E-state index in [0.717, 1.165) is 23.2 Å². The van der Waals surface area contributed by atoms with Crippen molar-refractivity contribution >= 4 is 23.4 Å². The highest BCUT2D eigenvalue weighted by Gasteiger charge is 2.31.